The van der Waals surface area contributed by atoms with Crippen LogP contribution >= 0.6 is 0 Å². The van der Waals surface area contributed by atoms with Crippen molar-refractivity contribution in [1.29, 1.82) is 0 Å². The van der Waals surface area contributed by atoms with Crippen LogP contribution in [0.25, 0.3) is 0 Å². The number of hydrogen-bond acceptors (Lipinski definition) is 2. The molecule has 0 spiro atoms. The van der Waals surface area contributed by atoms with E-state index >= 15 is 0 Å². The van der Waals surface area contributed by atoms with Crippen LogP contribution in [0.3, 0.4) is 0 Å². The van der Waals surface area contributed by atoms with Gasteiger partial charge in [-0.25, -0.2) is 0 Å². The fourth-order valence-electron chi connectivity index (χ4n) is 2.33. The summed E-state index contributed by atoms with van der Waals surface area (Å²) in [5.41, 5.74) is 0. The van der Waals surface area contributed by atoms with E-state index in [2.05, 4.69) is 31.4 Å². The standard InChI is InChI=1S/C12H24N2O/c1-4-10(5-2)9(3)14-12(15)11-6-7-13-8-11/h9-11,13H,4-8H2,1-3H3,(H,14,15). The lowest BCUT2D eigenvalue weighted by Crippen LogP contribution is -2.41. The van der Waals surface area contributed by atoms with Crippen molar-refractivity contribution < 1.29 is 4.79 Å². The first-order valence-electron chi connectivity index (χ1n) is 6.20. The smallest absolute Gasteiger partial charge is 0.224 e. The molecular weight excluding hydrogens is 188 g/mol. The summed E-state index contributed by atoms with van der Waals surface area (Å²) in [5, 5.41) is 6.37. The van der Waals surface area contributed by atoms with E-state index in [1.54, 1.807) is 0 Å². The average Bonchev–Trinajstić information content (AvgIpc) is 2.72. The third kappa shape index (κ3) is 3.49. The molecule has 2 atom stereocenters. The van der Waals surface area contributed by atoms with Crippen molar-refractivity contribution in [3.8, 4) is 0 Å². The number of rotatable bonds is 5. The second-order valence-electron chi connectivity index (χ2n) is 4.56. The Kier molecular flexibility index (Phi) is 5.09. The number of hydrogen-bond donors (Lipinski definition) is 2. The number of nitrogens with one attached hydrogen (secondary N) is 2. The van der Waals surface area contributed by atoms with E-state index in [9.17, 15) is 4.79 Å². The van der Waals surface area contributed by atoms with Crippen molar-refractivity contribution >= 4 is 5.91 Å². The van der Waals surface area contributed by atoms with Crippen LogP contribution in [-0.4, -0.2) is 25.0 Å². The molecule has 88 valence electrons. The van der Waals surface area contributed by atoms with Crippen molar-refractivity contribution in [2.45, 2.75) is 46.1 Å². The van der Waals surface area contributed by atoms with Crippen molar-refractivity contribution in [2.24, 2.45) is 11.8 Å². The highest BCUT2D eigenvalue weighted by Gasteiger charge is 2.24. The van der Waals surface area contributed by atoms with Gasteiger partial charge in [0.1, 0.15) is 0 Å². The van der Waals surface area contributed by atoms with Crippen LogP contribution < -0.4 is 10.6 Å². The molecule has 0 radical (unpaired) electrons. The van der Waals surface area contributed by atoms with Gasteiger partial charge in [0, 0.05) is 12.6 Å². The maximum absolute atomic E-state index is 11.8. The highest BCUT2D eigenvalue weighted by Crippen LogP contribution is 2.14. The predicted octanol–water partition coefficient (Wildman–Crippen LogP) is 1.54. The first kappa shape index (κ1) is 12.5. The molecule has 0 saturated carbocycles. The third-order valence-electron chi connectivity index (χ3n) is 3.56. The molecule has 1 rings (SSSR count). The summed E-state index contributed by atoms with van der Waals surface area (Å²) in [6, 6.07) is 0.313. The predicted molar refractivity (Wildman–Crippen MR) is 62.7 cm³/mol. The highest BCUT2D eigenvalue weighted by molar-refractivity contribution is 5.79. The maximum atomic E-state index is 11.8. The number of carbonyl (C=O) groups is 1. The Bertz CT molecular complexity index is 196. The van der Waals surface area contributed by atoms with E-state index in [0.29, 0.717) is 12.0 Å². The summed E-state index contributed by atoms with van der Waals surface area (Å²) in [6.07, 6.45) is 3.27. The van der Waals surface area contributed by atoms with Crippen molar-refractivity contribution in [1.82, 2.24) is 10.6 Å². The van der Waals surface area contributed by atoms with Gasteiger partial charge in [-0.2, -0.15) is 0 Å². The zero-order valence-corrected chi connectivity index (χ0v) is 10.2. The molecule has 1 aliphatic heterocycles. The molecule has 1 heterocycles. The zero-order chi connectivity index (χ0) is 11.3. The molecule has 0 aromatic carbocycles. The van der Waals surface area contributed by atoms with E-state index in [-0.39, 0.29) is 11.8 Å². The summed E-state index contributed by atoms with van der Waals surface area (Å²) >= 11 is 0. The van der Waals surface area contributed by atoms with Gasteiger partial charge in [-0.1, -0.05) is 26.7 Å². The lowest BCUT2D eigenvalue weighted by molar-refractivity contribution is -0.125. The van der Waals surface area contributed by atoms with Gasteiger partial charge in [0.2, 0.25) is 5.91 Å². The van der Waals surface area contributed by atoms with Gasteiger partial charge in [0.25, 0.3) is 0 Å². The Hall–Kier alpha value is -0.570. The Morgan fingerprint density at radius 2 is 2.13 bits per heavy atom. The van der Waals surface area contributed by atoms with Crippen LogP contribution in [0.2, 0.25) is 0 Å². The Morgan fingerprint density at radius 3 is 2.60 bits per heavy atom. The molecule has 0 aliphatic carbocycles. The fourth-order valence-corrected chi connectivity index (χ4v) is 2.33. The molecule has 15 heavy (non-hydrogen) atoms. The second kappa shape index (κ2) is 6.11. The second-order valence-corrected chi connectivity index (χ2v) is 4.56. The molecule has 1 amide bonds. The molecule has 0 bridgehead atoms. The Balaban J connectivity index is 2.35. The number of amides is 1. The Morgan fingerprint density at radius 1 is 1.47 bits per heavy atom. The highest BCUT2D eigenvalue weighted by atomic mass is 16.2. The average molecular weight is 212 g/mol. The molecule has 0 aromatic heterocycles. The molecule has 1 aliphatic rings. The van der Waals surface area contributed by atoms with E-state index in [0.717, 1.165) is 32.4 Å². The van der Waals surface area contributed by atoms with Crippen LogP contribution in [0.5, 0.6) is 0 Å². The van der Waals surface area contributed by atoms with Crippen LogP contribution in [0.4, 0.5) is 0 Å². The lowest BCUT2D eigenvalue weighted by Gasteiger charge is -2.23. The summed E-state index contributed by atoms with van der Waals surface area (Å²) in [6.45, 7) is 8.33. The van der Waals surface area contributed by atoms with Crippen molar-refractivity contribution in [3.05, 3.63) is 0 Å². The third-order valence-corrected chi connectivity index (χ3v) is 3.56. The summed E-state index contributed by atoms with van der Waals surface area (Å²) in [4.78, 5) is 11.8. The van der Waals surface area contributed by atoms with E-state index in [1.807, 2.05) is 0 Å². The molecule has 2 N–H and O–H groups in total. The molecule has 2 unspecified atom stereocenters. The van der Waals surface area contributed by atoms with Gasteiger partial charge in [0.15, 0.2) is 0 Å². The first-order valence-corrected chi connectivity index (χ1v) is 6.20. The van der Waals surface area contributed by atoms with Crippen LogP contribution in [-0.2, 0) is 4.79 Å². The minimum Gasteiger partial charge on any atom is -0.353 e. The minimum atomic E-state index is 0.196. The minimum absolute atomic E-state index is 0.196. The van der Waals surface area contributed by atoms with Crippen LogP contribution in [0, 0.1) is 11.8 Å². The van der Waals surface area contributed by atoms with Gasteiger partial charge >= 0.3 is 0 Å². The topological polar surface area (TPSA) is 41.1 Å². The number of carbonyl (C=O) groups excluding carboxylic acids is 1. The van der Waals surface area contributed by atoms with E-state index in [1.165, 1.54) is 0 Å². The molecule has 0 aromatic rings. The molecule has 1 fully saturated rings. The SMILES string of the molecule is CCC(CC)C(C)NC(=O)C1CCNC1. The summed E-state index contributed by atoms with van der Waals surface area (Å²) in [7, 11) is 0. The zero-order valence-electron chi connectivity index (χ0n) is 10.2. The van der Waals surface area contributed by atoms with E-state index in [4.69, 9.17) is 0 Å². The van der Waals surface area contributed by atoms with Crippen LogP contribution in [0.15, 0.2) is 0 Å². The van der Waals surface area contributed by atoms with Gasteiger partial charge in [-0.05, 0) is 25.8 Å². The summed E-state index contributed by atoms with van der Waals surface area (Å²) in [5.74, 6) is 1.05. The molecule has 3 heteroatoms. The molecular formula is C12H24N2O. The van der Waals surface area contributed by atoms with Gasteiger partial charge in [-0.3, -0.25) is 4.79 Å². The van der Waals surface area contributed by atoms with Crippen molar-refractivity contribution in [2.75, 3.05) is 13.1 Å². The quantitative estimate of drug-likeness (QED) is 0.726. The normalized spacial score (nSPS) is 23.1. The van der Waals surface area contributed by atoms with E-state index < -0.39 is 0 Å². The molecule has 1 saturated heterocycles. The van der Waals surface area contributed by atoms with Gasteiger partial charge in [-0.15, -0.1) is 0 Å². The van der Waals surface area contributed by atoms with Gasteiger partial charge < -0.3 is 10.6 Å². The lowest BCUT2D eigenvalue weighted by atomic mass is 9.95. The van der Waals surface area contributed by atoms with Crippen molar-refractivity contribution in [3.63, 3.8) is 0 Å². The Labute approximate surface area is 93.0 Å². The largest absolute Gasteiger partial charge is 0.353 e. The monoisotopic (exact) mass is 212 g/mol. The summed E-state index contributed by atoms with van der Waals surface area (Å²) < 4.78 is 0. The molecule has 3 nitrogen and oxygen atoms in total. The van der Waals surface area contributed by atoms with Gasteiger partial charge in [0.05, 0.1) is 5.92 Å². The fraction of sp³-hybridized carbons (Fsp3) is 0.917. The van der Waals surface area contributed by atoms with Crippen LogP contribution in [0.1, 0.15) is 40.0 Å². The first-order chi connectivity index (χ1) is 7.19. The maximum Gasteiger partial charge on any atom is 0.224 e.